The Kier molecular flexibility index (Phi) is 3.16. The van der Waals surface area contributed by atoms with Crippen LogP contribution in [0.25, 0.3) is 0 Å². The standard InChI is InChI=1S/C13H13N3O3/c1-14-7-9-2-5-13(16-15-9)19-10-3-4-11-12(6-10)18-8-17-11/h2-6,14H,7-8H2,1H3. The van der Waals surface area contributed by atoms with Crippen LogP contribution < -0.4 is 19.5 Å². The molecule has 0 saturated heterocycles. The minimum atomic E-state index is 0.247. The molecular formula is C13H13N3O3. The second-order valence-corrected chi connectivity index (χ2v) is 4.01. The molecule has 0 unspecified atom stereocenters. The number of ether oxygens (including phenoxy) is 3. The lowest BCUT2D eigenvalue weighted by molar-refractivity contribution is 0.174. The summed E-state index contributed by atoms with van der Waals surface area (Å²) in [7, 11) is 1.86. The highest BCUT2D eigenvalue weighted by atomic mass is 16.7. The number of nitrogens with zero attached hydrogens (tertiary/aromatic N) is 2. The second kappa shape index (κ2) is 5.11. The van der Waals surface area contributed by atoms with Crippen LogP contribution in [0.1, 0.15) is 5.69 Å². The van der Waals surface area contributed by atoms with E-state index in [2.05, 4.69) is 15.5 Å². The van der Waals surface area contributed by atoms with Crippen molar-refractivity contribution < 1.29 is 14.2 Å². The monoisotopic (exact) mass is 259 g/mol. The van der Waals surface area contributed by atoms with Gasteiger partial charge in [-0.2, -0.15) is 5.10 Å². The number of rotatable bonds is 4. The third kappa shape index (κ3) is 2.58. The Morgan fingerprint density at radius 2 is 2.05 bits per heavy atom. The highest BCUT2D eigenvalue weighted by Gasteiger charge is 2.14. The summed E-state index contributed by atoms with van der Waals surface area (Å²) < 4.78 is 16.1. The molecule has 0 aliphatic carbocycles. The Labute approximate surface area is 110 Å². The zero-order chi connectivity index (χ0) is 13.1. The van der Waals surface area contributed by atoms with Crippen LogP contribution >= 0.6 is 0 Å². The lowest BCUT2D eigenvalue weighted by Gasteiger charge is -2.05. The molecule has 1 aliphatic rings. The van der Waals surface area contributed by atoms with Gasteiger partial charge in [0.15, 0.2) is 11.5 Å². The first-order chi connectivity index (χ1) is 9.35. The Morgan fingerprint density at radius 1 is 1.16 bits per heavy atom. The largest absolute Gasteiger partial charge is 0.454 e. The van der Waals surface area contributed by atoms with E-state index < -0.39 is 0 Å². The van der Waals surface area contributed by atoms with Crippen LogP contribution in [0.15, 0.2) is 30.3 Å². The summed E-state index contributed by atoms with van der Waals surface area (Å²) in [6, 6.07) is 9.03. The van der Waals surface area contributed by atoms with Crippen molar-refractivity contribution in [2.45, 2.75) is 6.54 Å². The molecule has 0 spiro atoms. The number of hydrogen-bond acceptors (Lipinski definition) is 6. The average molecular weight is 259 g/mol. The SMILES string of the molecule is CNCc1ccc(Oc2ccc3c(c2)OCO3)nn1. The number of benzene rings is 1. The summed E-state index contributed by atoms with van der Waals surface area (Å²) in [6.07, 6.45) is 0. The fourth-order valence-electron chi connectivity index (χ4n) is 1.74. The van der Waals surface area contributed by atoms with E-state index in [9.17, 15) is 0 Å². The molecule has 98 valence electrons. The quantitative estimate of drug-likeness (QED) is 0.901. The van der Waals surface area contributed by atoms with Crippen LogP contribution in [-0.2, 0) is 6.54 Å². The Bertz CT molecular complexity index is 572. The maximum Gasteiger partial charge on any atom is 0.238 e. The summed E-state index contributed by atoms with van der Waals surface area (Å²) in [5, 5.41) is 11.1. The molecule has 6 heteroatoms. The van der Waals surface area contributed by atoms with Crippen LogP contribution in [-0.4, -0.2) is 24.0 Å². The van der Waals surface area contributed by atoms with Crippen molar-refractivity contribution in [1.29, 1.82) is 0 Å². The Morgan fingerprint density at radius 3 is 2.84 bits per heavy atom. The van der Waals surface area contributed by atoms with Crippen molar-refractivity contribution in [3.63, 3.8) is 0 Å². The molecule has 0 saturated carbocycles. The highest BCUT2D eigenvalue weighted by Crippen LogP contribution is 2.36. The van der Waals surface area contributed by atoms with Gasteiger partial charge in [-0.25, -0.2) is 0 Å². The molecule has 1 N–H and O–H groups in total. The first kappa shape index (κ1) is 11.7. The minimum Gasteiger partial charge on any atom is -0.454 e. The van der Waals surface area contributed by atoms with Gasteiger partial charge in [0.05, 0.1) is 5.69 Å². The Balaban J connectivity index is 1.74. The topological polar surface area (TPSA) is 65.5 Å². The predicted octanol–water partition coefficient (Wildman–Crippen LogP) is 1.72. The van der Waals surface area contributed by atoms with Gasteiger partial charge in [-0.1, -0.05) is 0 Å². The van der Waals surface area contributed by atoms with Gasteiger partial charge in [0.25, 0.3) is 0 Å². The van der Waals surface area contributed by atoms with Gasteiger partial charge in [-0.15, -0.1) is 5.10 Å². The van der Waals surface area contributed by atoms with Crippen molar-refractivity contribution in [3.8, 4) is 23.1 Å². The summed E-state index contributed by atoms with van der Waals surface area (Å²) >= 11 is 0. The van der Waals surface area contributed by atoms with Crippen LogP contribution in [0.3, 0.4) is 0 Å². The van der Waals surface area contributed by atoms with Gasteiger partial charge in [0, 0.05) is 18.7 Å². The summed E-state index contributed by atoms with van der Waals surface area (Å²) in [4.78, 5) is 0. The normalized spacial score (nSPS) is 12.5. The predicted molar refractivity (Wildman–Crippen MR) is 67.4 cm³/mol. The number of fused-ring (bicyclic) bond motifs is 1. The zero-order valence-electron chi connectivity index (χ0n) is 10.4. The van der Waals surface area contributed by atoms with Crippen LogP contribution in [0.4, 0.5) is 0 Å². The molecule has 0 atom stereocenters. The molecule has 1 aliphatic heterocycles. The lowest BCUT2D eigenvalue weighted by atomic mass is 10.3. The van der Waals surface area contributed by atoms with Crippen LogP contribution in [0.2, 0.25) is 0 Å². The van der Waals surface area contributed by atoms with Gasteiger partial charge in [-0.05, 0) is 25.2 Å². The van der Waals surface area contributed by atoms with Crippen molar-refractivity contribution in [1.82, 2.24) is 15.5 Å². The van der Waals surface area contributed by atoms with E-state index in [4.69, 9.17) is 14.2 Å². The van der Waals surface area contributed by atoms with E-state index in [-0.39, 0.29) is 6.79 Å². The third-order valence-electron chi connectivity index (χ3n) is 2.62. The van der Waals surface area contributed by atoms with Gasteiger partial charge < -0.3 is 19.5 Å². The van der Waals surface area contributed by atoms with Crippen molar-refractivity contribution in [2.24, 2.45) is 0 Å². The van der Waals surface area contributed by atoms with E-state index >= 15 is 0 Å². The smallest absolute Gasteiger partial charge is 0.238 e. The molecular weight excluding hydrogens is 246 g/mol. The molecule has 2 heterocycles. The van der Waals surface area contributed by atoms with E-state index in [1.54, 1.807) is 24.3 Å². The van der Waals surface area contributed by atoms with E-state index in [0.717, 1.165) is 11.4 Å². The van der Waals surface area contributed by atoms with Crippen LogP contribution in [0, 0.1) is 0 Å². The van der Waals surface area contributed by atoms with E-state index in [1.165, 1.54) is 0 Å². The van der Waals surface area contributed by atoms with E-state index in [1.807, 2.05) is 13.1 Å². The highest BCUT2D eigenvalue weighted by molar-refractivity contribution is 5.47. The van der Waals surface area contributed by atoms with Crippen molar-refractivity contribution >= 4 is 0 Å². The third-order valence-corrected chi connectivity index (χ3v) is 2.62. The fourth-order valence-corrected chi connectivity index (χ4v) is 1.74. The first-order valence-corrected chi connectivity index (χ1v) is 5.90. The average Bonchev–Trinajstić information content (AvgIpc) is 2.89. The number of nitrogens with one attached hydrogen (secondary N) is 1. The molecule has 19 heavy (non-hydrogen) atoms. The lowest BCUT2D eigenvalue weighted by Crippen LogP contribution is -2.07. The molecule has 3 rings (SSSR count). The van der Waals surface area contributed by atoms with Gasteiger partial charge in [-0.3, -0.25) is 0 Å². The molecule has 1 aromatic heterocycles. The molecule has 2 aromatic rings. The molecule has 0 fully saturated rings. The molecule has 1 aromatic carbocycles. The molecule has 0 radical (unpaired) electrons. The second-order valence-electron chi connectivity index (χ2n) is 4.01. The van der Waals surface area contributed by atoms with Crippen molar-refractivity contribution in [2.75, 3.05) is 13.8 Å². The van der Waals surface area contributed by atoms with Gasteiger partial charge in [0.1, 0.15) is 5.75 Å². The molecule has 0 amide bonds. The zero-order valence-corrected chi connectivity index (χ0v) is 10.4. The first-order valence-electron chi connectivity index (χ1n) is 5.90. The van der Waals surface area contributed by atoms with Gasteiger partial charge in [0.2, 0.25) is 12.7 Å². The molecule has 0 bridgehead atoms. The fraction of sp³-hybridized carbons (Fsp3) is 0.231. The van der Waals surface area contributed by atoms with Crippen molar-refractivity contribution in [3.05, 3.63) is 36.0 Å². The summed E-state index contributed by atoms with van der Waals surface area (Å²) in [5.74, 6) is 2.48. The molecule has 6 nitrogen and oxygen atoms in total. The number of aromatic nitrogens is 2. The number of hydrogen-bond donors (Lipinski definition) is 1. The van der Waals surface area contributed by atoms with Crippen LogP contribution in [0.5, 0.6) is 23.1 Å². The van der Waals surface area contributed by atoms with Gasteiger partial charge >= 0.3 is 0 Å². The summed E-state index contributed by atoms with van der Waals surface area (Å²) in [5.41, 5.74) is 0.862. The maximum atomic E-state index is 5.61. The summed E-state index contributed by atoms with van der Waals surface area (Å²) in [6.45, 7) is 0.925. The minimum absolute atomic E-state index is 0.247. The van der Waals surface area contributed by atoms with E-state index in [0.29, 0.717) is 23.9 Å². The maximum absolute atomic E-state index is 5.61. The Hall–Kier alpha value is -2.34.